The van der Waals surface area contributed by atoms with Gasteiger partial charge in [-0.15, -0.1) is 6.58 Å². The largest absolute Gasteiger partial charge is 0.334 e. The second-order valence-corrected chi connectivity index (χ2v) is 7.18. The number of piperazine rings is 1. The van der Waals surface area contributed by atoms with Crippen molar-refractivity contribution >= 4 is 15.9 Å². The van der Waals surface area contributed by atoms with E-state index in [1.807, 2.05) is 4.90 Å². The zero-order valence-electron chi connectivity index (χ0n) is 12.7. The van der Waals surface area contributed by atoms with Crippen molar-refractivity contribution in [2.45, 2.75) is 4.90 Å². The predicted molar refractivity (Wildman–Crippen MR) is 84.4 cm³/mol. The van der Waals surface area contributed by atoms with E-state index in [9.17, 15) is 13.2 Å². The Morgan fingerprint density at radius 2 is 1.91 bits per heavy atom. The zero-order valence-corrected chi connectivity index (χ0v) is 13.5. The van der Waals surface area contributed by atoms with E-state index >= 15 is 0 Å². The highest BCUT2D eigenvalue weighted by Gasteiger charge is 2.22. The molecule has 1 aliphatic heterocycles. The lowest BCUT2D eigenvalue weighted by atomic mass is 10.2. The van der Waals surface area contributed by atoms with Gasteiger partial charge in [0.25, 0.3) is 5.91 Å². The molecule has 0 spiro atoms. The average molecular weight is 324 g/mol. The molecule has 0 atom stereocenters. The first kappa shape index (κ1) is 16.7. The van der Waals surface area contributed by atoms with E-state index in [1.54, 1.807) is 12.1 Å². The Labute approximate surface area is 131 Å². The summed E-state index contributed by atoms with van der Waals surface area (Å²) >= 11 is 0. The number of nitrogens with zero attached hydrogens (tertiary/aromatic N) is 1. The van der Waals surface area contributed by atoms with Gasteiger partial charge in [0, 0.05) is 12.1 Å². The summed E-state index contributed by atoms with van der Waals surface area (Å²) in [5, 5.41) is 0. The number of rotatable bonds is 5. The molecule has 120 valence electrons. The maximum Gasteiger partial charge on any atom is 0.254 e. The number of nitrogens with one attached hydrogen (secondary N) is 2. The molecule has 0 aliphatic carbocycles. The molecule has 1 amide bonds. The van der Waals surface area contributed by atoms with Crippen LogP contribution in [0.25, 0.3) is 0 Å². The first-order valence-corrected chi connectivity index (χ1v) is 8.73. The van der Waals surface area contributed by atoms with Crippen molar-refractivity contribution < 1.29 is 18.1 Å². The third-order valence-electron chi connectivity index (χ3n) is 3.73. The van der Waals surface area contributed by atoms with Crippen molar-refractivity contribution in [1.29, 1.82) is 0 Å². The minimum atomic E-state index is -3.55. The lowest BCUT2D eigenvalue weighted by Crippen LogP contribution is -3.12. The minimum absolute atomic E-state index is 0.0458. The van der Waals surface area contributed by atoms with Gasteiger partial charge in [-0.25, -0.2) is 13.1 Å². The second kappa shape index (κ2) is 7.04. The average Bonchev–Trinajstić information content (AvgIpc) is 2.53. The number of sulfonamides is 1. The number of amides is 1. The first-order chi connectivity index (χ1) is 10.4. The standard InChI is InChI=1S/C15H21N3O3S/c1-3-8-16-22(20,21)14-6-4-13(5-7-14)15(19)18-11-9-17(2)10-12-18/h3-7,16H,1,8-12H2,2H3/p+1. The highest BCUT2D eigenvalue weighted by molar-refractivity contribution is 7.89. The van der Waals surface area contributed by atoms with Crippen molar-refractivity contribution in [2.75, 3.05) is 39.8 Å². The fraction of sp³-hybridized carbons (Fsp3) is 0.400. The van der Waals surface area contributed by atoms with Gasteiger partial charge in [0.2, 0.25) is 10.0 Å². The van der Waals surface area contributed by atoms with E-state index in [2.05, 4.69) is 18.3 Å². The number of carbonyl (C=O) groups is 1. The van der Waals surface area contributed by atoms with Crippen LogP contribution in [0.2, 0.25) is 0 Å². The molecule has 1 saturated heterocycles. The molecule has 22 heavy (non-hydrogen) atoms. The van der Waals surface area contributed by atoms with Gasteiger partial charge in [0.1, 0.15) is 0 Å². The molecule has 0 bridgehead atoms. The second-order valence-electron chi connectivity index (χ2n) is 5.41. The Balaban J connectivity index is 2.08. The highest BCUT2D eigenvalue weighted by Crippen LogP contribution is 2.12. The molecule has 1 aromatic carbocycles. The molecule has 0 aromatic heterocycles. The van der Waals surface area contributed by atoms with E-state index in [0.29, 0.717) is 5.56 Å². The zero-order chi connectivity index (χ0) is 16.2. The lowest BCUT2D eigenvalue weighted by Gasteiger charge is -2.30. The summed E-state index contributed by atoms with van der Waals surface area (Å²) in [5.41, 5.74) is 0.516. The molecule has 7 heteroatoms. The summed E-state index contributed by atoms with van der Waals surface area (Å²) in [4.78, 5) is 15.8. The Morgan fingerprint density at radius 3 is 2.45 bits per heavy atom. The Morgan fingerprint density at radius 1 is 1.32 bits per heavy atom. The van der Waals surface area contributed by atoms with Crippen molar-refractivity contribution in [1.82, 2.24) is 9.62 Å². The quantitative estimate of drug-likeness (QED) is 0.691. The number of likely N-dealkylation sites (N-methyl/N-ethyl adjacent to an activating group) is 1. The summed E-state index contributed by atoms with van der Waals surface area (Å²) in [5.74, 6) is -0.0458. The molecular weight excluding hydrogens is 302 g/mol. The Bertz CT molecular complexity index is 633. The van der Waals surface area contributed by atoms with Gasteiger partial charge >= 0.3 is 0 Å². The predicted octanol–water partition coefficient (Wildman–Crippen LogP) is -0.879. The molecule has 0 saturated carbocycles. The number of carbonyl (C=O) groups excluding carboxylic acids is 1. The SMILES string of the molecule is C=CCNS(=O)(=O)c1ccc(C(=O)N2CC[NH+](C)CC2)cc1. The van der Waals surface area contributed by atoms with Gasteiger partial charge in [0.15, 0.2) is 0 Å². The molecular formula is C15H22N3O3S+. The molecule has 2 N–H and O–H groups in total. The van der Waals surface area contributed by atoms with Crippen molar-refractivity contribution in [3.8, 4) is 0 Å². The van der Waals surface area contributed by atoms with E-state index in [4.69, 9.17) is 0 Å². The van der Waals surface area contributed by atoms with Crippen LogP contribution in [-0.4, -0.2) is 59.0 Å². The van der Waals surface area contributed by atoms with Gasteiger partial charge in [-0.05, 0) is 24.3 Å². The maximum atomic E-state index is 12.4. The number of benzene rings is 1. The number of hydrogen-bond donors (Lipinski definition) is 2. The van der Waals surface area contributed by atoms with Crippen molar-refractivity contribution in [2.24, 2.45) is 0 Å². The van der Waals surface area contributed by atoms with Crippen LogP contribution < -0.4 is 9.62 Å². The molecule has 1 fully saturated rings. The number of hydrogen-bond acceptors (Lipinski definition) is 3. The van der Waals surface area contributed by atoms with Gasteiger partial charge in [-0.2, -0.15) is 0 Å². The molecule has 1 aliphatic rings. The van der Waals surface area contributed by atoms with Crippen LogP contribution in [-0.2, 0) is 10.0 Å². The summed E-state index contributed by atoms with van der Waals surface area (Å²) in [6.07, 6.45) is 1.48. The lowest BCUT2D eigenvalue weighted by molar-refractivity contribution is -0.883. The summed E-state index contributed by atoms with van der Waals surface area (Å²) in [6, 6.07) is 6.05. The summed E-state index contributed by atoms with van der Waals surface area (Å²) < 4.78 is 26.3. The molecule has 1 heterocycles. The topological polar surface area (TPSA) is 70.9 Å². The van der Waals surface area contributed by atoms with Crippen LogP contribution >= 0.6 is 0 Å². The fourth-order valence-electron chi connectivity index (χ4n) is 2.30. The van der Waals surface area contributed by atoms with Gasteiger partial charge in [0.05, 0.1) is 38.1 Å². The highest BCUT2D eigenvalue weighted by atomic mass is 32.2. The van der Waals surface area contributed by atoms with E-state index in [0.717, 1.165) is 26.2 Å². The van der Waals surface area contributed by atoms with E-state index in [-0.39, 0.29) is 17.3 Å². The summed E-state index contributed by atoms with van der Waals surface area (Å²) in [6.45, 7) is 6.97. The molecule has 2 rings (SSSR count). The van der Waals surface area contributed by atoms with Gasteiger partial charge in [-0.3, -0.25) is 4.79 Å². The molecule has 0 radical (unpaired) electrons. The Hall–Kier alpha value is -1.70. The Kier molecular flexibility index (Phi) is 5.33. The summed E-state index contributed by atoms with van der Waals surface area (Å²) in [7, 11) is -1.44. The fourth-order valence-corrected chi connectivity index (χ4v) is 3.30. The van der Waals surface area contributed by atoms with Gasteiger partial charge in [-0.1, -0.05) is 6.08 Å². The first-order valence-electron chi connectivity index (χ1n) is 7.25. The van der Waals surface area contributed by atoms with Crippen LogP contribution in [0.1, 0.15) is 10.4 Å². The van der Waals surface area contributed by atoms with Crippen LogP contribution in [0.15, 0.2) is 41.8 Å². The molecule has 1 aromatic rings. The third-order valence-corrected chi connectivity index (χ3v) is 5.17. The van der Waals surface area contributed by atoms with Crippen LogP contribution in [0.3, 0.4) is 0 Å². The van der Waals surface area contributed by atoms with E-state index < -0.39 is 10.0 Å². The number of quaternary nitrogens is 1. The van der Waals surface area contributed by atoms with E-state index in [1.165, 1.54) is 23.1 Å². The van der Waals surface area contributed by atoms with Gasteiger partial charge < -0.3 is 9.80 Å². The monoisotopic (exact) mass is 324 g/mol. The maximum absolute atomic E-state index is 12.4. The minimum Gasteiger partial charge on any atom is -0.334 e. The third kappa shape index (κ3) is 3.94. The van der Waals surface area contributed by atoms with Crippen molar-refractivity contribution in [3.63, 3.8) is 0 Å². The van der Waals surface area contributed by atoms with Crippen molar-refractivity contribution in [3.05, 3.63) is 42.5 Å². The van der Waals surface area contributed by atoms with Crippen LogP contribution in [0, 0.1) is 0 Å². The van der Waals surface area contributed by atoms with Crippen LogP contribution in [0.4, 0.5) is 0 Å². The molecule has 0 unspecified atom stereocenters. The normalized spacial score (nSPS) is 16.5. The van der Waals surface area contributed by atoms with Crippen LogP contribution in [0.5, 0.6) is 0 Å². The smallest absolute Gasteiger partial charge is 0.254 e. The molecule has 6 nitrogen and oxygen atoms in total.